The Labute approximate surface area is 117 Å². The number of para-hydroxylation sites is 1. The van der Waals surface area contributed by atoms with Gasteiger partial charge in [0.1, 0.15) is 11.5 Å². The molecular weight excluding hydrogens is 254 g/mol. The van der Waals surface area contributed by atoms with E-state index in [0.29, 0.717) is 29.0 Å². The van der Waals surface area contributed by atoms with Gasteiger partial charge in [-0.1, -0.05) is 31.2 Å². The van der Waals surface area contributed by atoms with Crippen LogP contribution in [0.5, 0.6) is 11.5 Å². The standard InChI is InChI=1S/C16H15NO3/c1-2-14(18)11-6-5-7-12(10-11)20-15-9-4-3-8-13(15)16(17)19/h3-10H,2H2,1H3,(H2,17,19). The molecule has 4 heteroatoms. The van der Waals surface area contributed by atoms with Crippen molar-refractivity contribution >= 4 is 11.7 Å². The zero-order valence-electron chi connectivity index (χ0n) is 11.1. The Balaban J connectivity index is 2.31. The fourth-order valence-electron chi connectivity index (χ4n) is 1.82. The van der Waals surface area contributed by atoms with E-state index in [-0.39, 0.29) is 5.78 Å². The van der Waals surface area contributed by atoms with E-state index in [4.69, 9.17) is 10.5 Å². The predicted molar refractivity (Wildman–Crippen MR) is 76.1 cm³/mol. The van der Waals surface area contributed by atoms with Crippen molar-refractivity contribution in [2.75, 3.05) is 0 Å². The Bertz CT molecular complexity index is 650. The summed E-state index contributed by atoms with van der Waals surface area (Å²) in [6.45, 7) is 1.80. The first-order valence-electron chi connectivity index (χ1n) is 6.31. The van der Waals surface area contributed by atoms with Crippen molar-refractivity contribution in [3.63, 3.8) is 0 Å². The first kappa shape index (κ1) is 13.8. The van der Waals surface area contributed by atoms with Crippen LogP contribution in [0.2, 0.25) is 0 Å². The van der Waals surface area contributed by atoms with Crippen molar-refractivity contribution in [1.29, 1.82) is 0 Å². The molecule has 0 bridgehead atoms. The summed E-state index contributed by atoms with van der Waals surface area (Å²) >= 11 is 0. The van der Waals surface area contributed by atoms with E-state index in [0.717, 1.165) is 0 Å². The number of primary amides is 1. The Morgan fingerprint density at radius 3 is 2.55 bits per heavy atom. The van der Waals surface area contributed by atoms with Crippen molar-refractivity contribution in [2.24, 2.45) is 5.73 Å². The van der Waals surface area contributed by atoms with Crippen LogP contribution in [0.25, 0.3) is 0 Å². The van der Waals surface area contributed by atoms with Gasteiger partial charge in [-0.15, -0.1) is 0 Å². The van der Waals surface area contributed by atoms with Gasteiger partial charge < -0.3 is 10.5 Å². The predicted octanol–water partition coefficient (Wildman–Crippen LogP) is 3.17. The monoisotopic (exact) mass is 269 g/mol. The molecule has 0 spiro atoms. The van der Waals surface area contributed by atoms with E-state index in [1.54, 1.807) is 55.5 Å². The molecule has 102 valence electrons. The lowest BCUT2D eigenvalue weighted by molar-refractivity contribution is 0.0982. The summed E-state index contributed by atoms with van der Waals surface area (Å²) in [7, 11) is 0. The molecule has 2 N–H and O–H groups in total. The second-order valence-electron chi connectivity index (χ2n) is 4.27. The molecular formula is C16H15NO3. The number of hydrogen-bond donors (Lipinski definition) is 1. The zero-order chi connectivity index (χ0) is 14.5. The highest BCUT2D eigenvalue weighted by Crippen LogP contribution is 2.25. The van der Waals surface area contributed by atoms with E-state index in [1.807, 2.05) is 0 Å². The molecule has 0 aliphatic carbocycles. The van der Waals surface area contributed by atoms with Crippen LogP contribution in [-0.4, -0.2) is 11.7 Å². The van der Waals surface area contributed by atoms with E-state index < -0.39 is 5.91 Å². The molecule has 0 radical (unpaired) electrons. The highest BCUT2D eigenvalue weighted by molar-refractivity contribution is 5.96. The Morgan fingerprint density at radius 1 is 1.10 bits per heavy atom. The van der Waals surface area contributed by atoms with Gasteiger partial charge in [-0.05, 0) is 24.3 Å². The number of ether oxygens (including phenoxy) is 1. The van der Waals surface area contributed by atoms with Gasteiger partial charge in [0.25, 0.3) is 5.91 Å². The van der Waals surface area contributed by atoms with Crippen molar-refractivity contribution in [3.8, 4) is 11.5 Å². The minimum Gasteiger partial charge on any atom is -0.457 e. The summed E-state index contributed by atoms with van der Waals surface area (Å²) in [5.41, 5.74) is 6.18. The molecule has 0 fully saturated rings. The number of amides is 1. The summed E-state index contributed by atoms with van der Waals surface area (Å²) in [5.74, 6) is 0.360. The lowest BCUT2D eigenvalue weighted by Crippen LogP contribution is -2.12. The van der Waals surface area contributed by atoms with E-state index in [2.05, 4.69) is 0 Å². The number of carbonyl (C=O) groups is 2. The minimum absolute atomic E-state index is 0.0404. The molecule has 1 amide bonds. The highest BCUT2D eigenvalue weighted by Gasteiger charge is 2.10. The van der Waals surface area contributed by atoms with Crippen LogP contribution in [0.1, 0.15) is 34.1 Å². The second-order valence-corrected chi connectivity index (χ2v) is 4.27. The molecule has 0 saturated heterocycles. The van der Waals surface area contributed by atoms with Crippen LogP contribution in [-0.2, 0) is 0 Å². The quantitative estimate of drug-likeness (QED) is 0.847. The summed E-state index contributed by atoms with van der Waals surface area (Å²) < 4.78 is 5.65. The number of benzene rings is 2. The molecule has 2 aromatic carbocycles. The largest absolute Gasteiger partial charge is 0.457 e. The van der Waals surface area contributed by atoms with Crippen LogP contribution in [0.4, 0.5) is 0 Å². The van der Waals surface area contributed by atoms with Gasteiger partial charge in [0.2, 0.25) is 0 Å². The number of ketones is 1. The molecule has 0 atom stereocenters. The summed E-state index contributed by atoms with van der Waals surface area (Å²) in [5, 5.41) is 0. The third-order valence-corrected chi connectivity index (χ3v) is 2.86. The lowest BCUT2D eigenvalue weighted by Gasteiger charge is -2.09. The van der Waals surface area contributed by atoms with E-state index in [1.165, 1.54) is 0 Å². The Morgan fingerprint density at radius 2 is 1.85 bits per heavy atom. The lowest BCUT2D eigenvalue weighted by atomic mass is 10.1. The number of hydrogen-bond acceptors (Lipinski definition) is 3. The van der Waals surface area contributed by atoms with E-state index in [9.17, 15) is 9.59 Å². The maximum atomic E-state index is 11.7. The molecule has 0 aromatic heterocycles. The van der Waals surface area contributed by atoms with Gasteiger partial charge in [-0.25, -0.2) is 0 Å². The van der Waals surface area contributed by atoms with Gasteiger partial charge >= 0.3 is 0 Å². The average molecular weight is 269 g/mol. The zero-order valence-corrected chi connectivity index (χ0v) is 11.1. The van der Waals surface area contributed by atoms with Crippen molar-refractivity contribution in [3.05, 3.63) is 59.7 Å². The molecule has 4 nitrogen and oxygen atoms in total. The Kier molecular flexibility index (Phi) is 4.15. The van der Waals surface area contributed by atoms with Crippen molar-refractivity contribution < 1.29 is 14.3 Å². The minimum atomic E-state index is -0.554. The highest BCUT2D eigenvalue weighted by atomic mass is 16.5. The van der Waals surface area contributed by atoms with Gasteiger partial charge in [-0.2, -0.15) is 0 Å². The first-order chi connectivity index (χ1) is 9.61. The molecule has 0 heterocycles. The molecule has 20 heavy (non-hydrogen) atoms. The maximum absolute atomic E-state index is 11.7. The van der Waals surface area contributed by atoms with Crippen LogP contribution in [0.3, 0.4) is 0 Å². The summed E-state index contributed by atoms with van der Waals surface area (Å²) in [6.07, 6.45) is 0.432. The topological polar surface area (TPSA) is 69.4 Å². The molecule has 0 unspecified atom stereocenters. The normalized spacial score (nSPS) is 10.1. The van der Waals surface area contributed by atoms with Crippen LogP contribution in [0.15, 0.2) is 48.5 Å². The number of rotatable bonds is 5. The molecule has 0 aliphatic heterocycles. The summed E-state index contributed by atoms with van der Waals surface area (Å²) in [4.78, 5) is 23.0. The number of nitrogens with two attached hydrogens (primary N) is 1. The second kappa shape index (κ2) is 6.02. The molecule has 2 aromatic rings. The summed E-state index contributed by atoms with van der Waals surface area (Å²) in [6, 6.07) is 13.6. The van der Waals surface area contributed by atoms with Crippen LogP contribution < -0.4 is 10.5 Å². The molecule has 2 rings (SSSR count). The number of carbonyl (C=O) groups excluding carboxylic acids is 2. The molecule has 0 saturated carbocycles. The van der Waals surface area contributed by atoms with Gasteiger partial charge in [0.05, 0.1) is 5.56 Å². The number of Topliss-reactive ketones (excluding diaryl/α,β-unsaturated/α-hetero) is 1. The average Bonchev–Trinajstić information content (AvgIpc) is 2.47. The Hall–Kier alpha value is -2.62. The molecule has 0 aliphatic rings. The maximum Gasteiger partial charge on any atom is 0.252 e. The van der Waals surface area contributed by atoms with Gasteiger partial charge in [0, 0.05) is 12.0 Å². The van der Waals surface area contributed by atoms with Crippen molar-refractivity contribution in [2.45, 2.75) is 13.3 Å². The first-order valence-corrected chi connectivity index (χ1v) is 6.31. The van der Waals surface area contributed by atoms with Gasteiger partial charge in [-0.3, -0.25) is 9.59 Å². The fourth-order valence-corrected chi connectivity index (χ4v) is 1.82. The SMILES string of the molecule is CCC(=O)c1cccc(Oc2ccccc2C(N)=O)c1. The third-order valence-electron chi connectivity index (χ3n) is 2.86. The van der Waals surface area contributed by atoms with Crippen LogP contribution in [0, 0.1) is 0 Å². The van der Waals surface area contributed by atoms with Crippen LogP contribution >= 0.6 is 0 Å². The van der Waals surface area contributed by atoms with E-state index >= 15 is 0 Å². The fraction of sp³-hybridized carbons (Fsp3) is 0.125. The smallest absolute Gasteiger partial charge is 0.252 e. The van der Waals surface area contributed by atoms with Gasteiger partial charge in [0.15, 0.2) is 5.78 Å². The third kappa shape index (κ3) is 3.03. The van der Waals surface area contributed by atoms with Crippen molar-refractivity contribution in [1.82, 2.24) is 0 Å².